The van der Waals surface area contributed by atoms with Crippen molar-refractivity contribution in [3.8, 4) is 11.5 Å². The lowest BCUT2D eigenvalue weighted by molar-refractivity contribution is 0.0509. The predicted molar refractivity (Wildman–Crippen MR) is 116 cm³/mol. The molecule has 2 aromatic carbocycles. The Bertz CT molecular complexity index is 896. The van der Waals surface area contributed by atoms with Gasteiger partial charge in [-0.1, -0.05) is 11.1 Å². The summed E-state index contributed by atoms with van der Waals surface area (Å²) in [7, 11) is 0. The number of phenolic OH excluding ortho intramolecular Hbond substituents is 2. The van der Waals surface area contributed by atoms with E-state index in [9.17, 15) is 14.7 Å². The van der Waals surface area contributed by atoms with Gasteiger partial charge >= 0.3 is 11.9 Å². The summed E-state index contributed by atoms with van der Waals surface area (Å²) in [5.41, 5.74) is 3.30. The fourth-order valence-electron chi connectivity index (χ4n) is 2.34. The summed E-state index contributed by atoms with van der Waals surface area (Å²) in [6.45, 7) is 11.6. The minimum absolute atomic E-state index is 0.0942. The second-order valence-electron chi connectivity index (χ2n) is 6.99. The molecule has 0 saturated heterocycles. The molecule has 0 aliphatic heterocycles. The molecule has 2 rings (SSSR count). The van der Waals surface area contributed by atoms with Gasteiger partial charge < -0.3 is 20.1 Å². The molecule has 3 N–H and O–H groups in total. The van der Waals surface area contributed by atoms with Crippen LogP contribution in [0.15, 0.2) is 66.8 Å². The van der Waals surface area contributed by atoms with Crippen LogP contribution in [-0.2, 0) is 11.2 Å². The number of aryl methyl sites for hydroxylation is 1. The Morgan fingerprint density at radius 1 is 0.900 bits per heavy atom. The maximum atomic E-state index is 11.4. The van der Waals surface area contributed by atoms with Crippen LogP contribution in [0.5, 0.6) is 11.5 Å². The minimum Gasteiger partial charge on any atom is -0.508 e. The fourth-order valence-corrected chi connectivity index (χ4v) is 2.34. The summed E-state index contributed by atoms with van der Waals surface area (Å²) >= 11 is 0. The fraction of sp³-hybridized carbons (Fsp3) is 0.250. The first-order valence-corrected chi connectivity index (χ1v) is 9.40. The van der Waals surface area contributed by atoms with E-state index in [1.165, 1.54) is 42.5 Å². The van der Waals surface area contributed by atoms with Crippen molar-refractivity contribution in [2.75, 3.05) is 6.61 Å². The number of carbonyl (C=O) groups is 2. The van der Waals surface area contributed by atoms with Gasteiger partial charge in [0.1, 0.15) is 11.5 Å². The number of carboxylic acids is 1. The van der Waals surface area contributed by atoms with Crippen LogP contribution < -0.4 is 0 Å². The van der Waals surface area contributed by atoms with Gasteiger partial charge in [0.05, 0.1) is 17.7 Å². The van der Waals surface area contributed by atoms with Gasteiger partial charge in [0, 0.05) is 6.42 Å². The molecule has 0 unspecified atom stereocenters. The van der Waals surface area contributed by atoms with Gasteiger partial charge in [-0.2, -0.15) is 0 Å². The lowest BCUT2D eigenvalue weighted by atomic mass is 10.0. The molecular formula is C24H28O6. The van der Waals surface area contributed by atoms with E-state index < -0.39 is 5.97 Å². The van der Waals surface area contributed by atoms with E-state index in [2.05, 4.69) is 13.2 Å². The monoisotopic (exact) mass is 412 g/mol. The number of aromatic carboxylic acids is 1. The zero-order valence-corrected chi connectivity index (χ0v) is 17.4. The van der Waals surface area contributed by atoms with Crippen LogP contribution in [0.4, 0.5) is 0 Å². The quantitative estimate of drug-likeness (QED) is 0.411. The molecule has 0 atom stereocenters. The van der Waals surface area contributed by atoms with Gasteiger partial charge in [0.15, 0.2) is 0 Å². The molecule has 0 bridgehead atoms. The zero-order valence-electron chi connectivity index (χ0n) is 17.4. The molecule has 2 aromatic rings. The van der Waals surface area contributed by atoms with Crippen molar-refractivity contribution in [3.05, 3.63) is 83.5 Å². The third-order valence-corrected chi connectivity index (χ3v) is 4.01. The average molecular weight is 412 g/mol. The van der Waals surface area contributed by atoms with E-state index in [1.807, 2.05) is 13.8 Å². The summed E-state index contributed by atoms with van der Waals surface area (Å²) in [5.74, 6) is -1.12. The van der Waals surface area contributed by atoms with Crippen molar-refractivity contribution in [2.24, 2.45) is 0 Å². The van der Waals surface area contributed by atoms with Crippen molar-refractivity contribution in [1.29, 1.82) is 0 Å². The van der Waals surface area contributed by atoms with Gasteiger partial charge in [-0.15, -0.1) is 13.2 Å². The molecule has 0 heterocycles. The summed E-state index contributed by atoms with van der Waals surface area (Å²) in [6.07, 6.45) is 1.99. The SMILES string of the molecule is C=C(C)CCOC(=O)c1ccc(O)cc1.C=C(C)CCc1cc(O)ccc1C(=O)O. The molecular weight excluding hydrogens is 384 g/mol. The lowest BCUT2D eigenvalue weighted by Gasteiger charge is -2.06. The number of hydrogen-bond acceptors (Lipinski definition) is 5. The smallest absolute Gasteiger partial charge is 0.338 e. The van der Waals surface area contributed by atoms with Gasteiger partial charge in [0.2, 0.25) is 0 Å². The van der Waals surface area contributed by atoms with E-state index in [0.717, 1.165) is 17.6 Å². The van der Waals surface area contributed by atoms with Crippen LogP contribution in [0.3, 0.4) is 0 Å². The minimum atomic E-state index is -0.966. The molecule has 0 fully saturated rings. The molecule has 0 aliphatic carbocycles. The van der Waals surface area contributed by atoms with Crippen LogP contribution in [-0.4, -0.2) is 33.9 Å². The number of benzene rings is 2. The first-order chi connectivity index (χ1) is 14.1. The molecule has 0 spiro atoms. The Hall–Kier alpha value is -3.54. The maximum absolute atomic E-state index is 11.4. The molecule has 0 radical (unpaired) electrons. The number of carboxylic acid groups (broad SMARTS) is 1. The molecule has 0 aromatic heterocycles. The topological polar surface area (TPSA) is 104 Å². The maximum Gasteiger partial charge on any atom is 0.338 e. The molecule has 0 saturated carbocycles. The summed E-state index contributed by atoms with van der Waals surface area (Å²) in [6, 6.07) is 10.3. The van der Waals surface area contributed by atoms with Gasteiger partial charge in [-0.3, -0.25) is 0 Å². The summed E-state index contributed by atoms with van der Waals surface area (Å²) in [4.78, 5) is 22.3. The Morgan fingerprint density at radius 2 is 1.47 bits per heavy atom. The Labute approximate surface area is 176 Å². The molecule has 0 aliphatic rings. The Morgan fingerprint density at radius 3 is 2.00 bits per heavy atom. The first-order valence-electron chi connectivity index (χ1n) is 9.40. The molecule has 0 amide bonds. The van der Waals surface area contributed by atoms with Crippen molar-refractivity contribution < 1.29 is 29.6 Å². The highest BCUT2D eigenvalue weighted by atomic mass is 16.5. The molecule has 30 heavy (non-hydrogen) atoms. The van der Waals surface area contributed by atoms with E-state index >= 15 is 0 Å². The lowest BCUT2D eigenvalue weighted by Crippen LogP contribution is -2.06. The first kappa shape index (κ1) is 24.5. The Kier molecular flexibility index (Phi) is 9.89. The second-order valence-corrected chi connectivity index (χ2v) is 6.99. The number of phenols is 2. The van der Waals surface area contributed by atoms with Crippen molar-refractivity contribution in [3.63, 3.8) is 0 Å². The molecule has 160 valence electrons. The van der Waals surface area contributed by atoms with Crippen LogP contribution in [0.25, 0.3) is 0 Å². The third kappa shape index (κ3) is 9.10. The standard InChI is InChI=1S/2C12H14O3/c1-9(2)7-8-15-12(14)10-3-5-11(13)6-4-10;1-8(2)3-4-9-7-10(13)5-6-11(9)12(14)15/h3-6,13H,1,7-8H2,2H3;5-7,13H,1,3-4H2,2H3,(H,14,15). The average Bonchev–Trinajstić information content (AvgIpc) is 2.67. The van der Waals surface area contributed by atoms with Gasteiger partial charge in [-0.25, -0.2) is 9.59 Å². The highest BCUT2D eigenvalue weighted by molar-refractivity contribution is 5.90. The van der Waals surface area contributed by atoms with Crippen LogP contribution in [0.1, 0.15) is 53.0 Å². The van der Waals surface area contributed by atoms with Crippen LogP contribution in [0, 0.1) is 0 Å². The van der Waals surface area contributed by atoms with Crippen molar-refractivity contribution >= 4 is 11.9 Å². The Balaban J connectivity index is 0.000000300. The van der Waals surface area contributed by atoms with E-state index in [1.54, 1.807) is 0 Å². The van der Waals surface area contributed by atoms with E-state index in [0.29, 0.717) is 30.6 Å². The number of carbonyl (C=O) groups excluding carboxylic acids is 1. The predicted octanol–water partition coefficient (Wildman–Crippen LogP) is 5.11. The number of allylic oxidation sites excluding steroid dienone is 1. The highest BCUT2D eigenvalue weighted by Crippen LogP contribution is 2.19. The van der Waals surface area contributed by atoms with Crippen LogP contribution >= 0.6 is 0 Å². The number of hydrogen-bond donors (Lipinski definition) is 3. The van der Waals surface area contributed by atoms with E-state index in [4.69, 9.17) is 14.9 Å². The number of esters is 1. The number of rotatable bonds is 8. The van der Waals surface area contributed by atoms with Crippen molar-refractivity contribution in [1.82, 2.24) is 0 Å². The molecule has 6 nitrogen and oxygen atoms in total. The number of aromatic hydroxyl groups is 2. The third-order valence-electron chi connectivity index (χ3n) is 4.01. The van der Waals surface area contributed by atoms with Gasteiger partial charge in [0.25, 0.3) is 0 Å². The zero-order chi connectivity index (χ0) is 22.7. The highest BCUT2D eigenvalue weighted by Gasteiger charge is 2.10. The van der Waals surface area contributed by atoms with Gasteiger partial charge in [-0.05, 0) is 74.7 Å². The number of ether oxygens (including phenoxy) is 1. The van der Waals surface area contributed by atoms with E-state index in [-0.39, 0.29) is 23.0 Å². The van der Waals surface area contributed by atoms with Crippen LogP contribution in [0.2, 0.25) is 0 Å². The van der Waals surface area contributed by atoms with Crippen molar-refractivity contribution in [2.45, 2.75) is 33.1 Å². The largest absolute Gasteiger partial charge is 0.508 e. The normalized spacial score (nSPS) is 9.80. The second kappa shape index (κ2) is 12.1. The molecule has 6 heteroatoms. The summed E-state index contributed by atoms with van der Waals surface area (Å²) in [5, 5.41) is 27.2. The summed E-state index contributed by atoms with van der Waals surface area (Å²) < 4.78 is 5.00.